The number of rotatable bonds is 2. The molecule has 0 radical (unpaired) electrons. The zero-order chi connectivity index (χ0) is 12.3. The molecule has 0 unspecified atom stereocenters. The van der Waals surface area contributed by atoms with E-state index < -0.39 is 23.4 Å². The number of nitrogens with zero attached hydrogens (tertiary/aromatic N) is 1. The Balaban J connectivity index is 3.24. The maximum absolute atomic E-state index is 12.5. The van der Waals surface area contributed by atoms with Gasteiger partial charge in [-0.2, -0.15) is 13.2 Å². The Labute approximate surface area is 90.2 Å². The first-order valence-electron chi connectivity index (χ1n) is 4.58. The minimum absolute atomic E-state index is 0.00571. The van der Waals surface area contributed by atoms with Gasteiger partial charge in [0.25, 0.3) is 0 Å². The number of halogens is 3. The van der Waals surface area contributed by atoms with Crippen molar-refractivity contribution in [2.24, 2.45) is 0 Å². The van der Waals surface area contributed by atoms with Gasteiger partial charge < -0.3 is 4.74 Å². The van der Waals surface area contributed by atoms with Gasteiger partial charge in [0.2, 0.25) is 0 Å². The van der Waals surface area contributed by atoms with Gasteiger partial charge in [-0.05, 0) is 26.0 Å². The molecule has 0 amide bonds. The van der Waals surface area contributed by atoms with E-state index in [4.69, 9.17) is 0 Å². The fourth-order valence-corrected chi connectivity index (χ4v) is 1.14. The first-order chi connectivity index (χ1) is 7.36. The van der Waals surface area contributed by atoms with Crippen LogP contribution in [0.15, 0.2) is 12.1 Å². The molecule has 0 saturated carbocycles. The summed E-state index contributed by atoms with van der Waals surface area (Å²) in [5.74, 6) is -1.06. The third-order valence-corrected chi connectivity index (χ3v) is 1.81. The van der Waals surface area contributed by atoms with Gasteiger partial charge in [0.05, 0.1) is 12.2 Å². The number of ether oxygens (including phenoxy) is 1. The summed E-state index contributed by atoms with van der Waals surface area (Å²) >= 11 is 0. The molecule has 6 heteroatoms. The monoisotopic (exact) mass is 233 g/mol. The number of esters is 1. The topological polar surface area (TPSA) is 39.2 Å². The highest BCUT2D eigenvalue weighted by Gasteiger charge is 2.36. The molecular formula is C10H10F3NO2. The smallest absolute Gasteiger partial charge is 0.418 e. The lowest BCUT2D eigenvalue weighted by Crippen LogP contribution is -2.17. The molecule has 1 aromatic heterocycles. The van der Waals surface area contributed by atoms with Crippen LogP contribution in [0.3, 0.4) is 0 Å². The van der Waals surface area contributed by atoms with Crippen LogP contribution in [0, 0.1) is 6.92 Å². The Bertz CT molecular complexity index is 402. The Morgan fingerprint density at radius 2 is 2.06 bits per heavy atom. The second-order valence-electron chi connectivity index (χ2n) is 3.07. The van der Waals surface area contributed by atoms with E-state index in [1.54, 1.807) is 0 Å². The average molecular weight is 233 g/mol. The molecule has 0 spiro atoms. The molecule has 0 atom stereocenters. The Morgan fingerprint density at radius 1 is 1.44 bits per heavy atom. The molecule has 0 aliphatic heterocycles. The van der Waals surface area contributed by atoms with Crippen molar-refractivity contribution in [1.82, 2.24) is 4.98 Å². The van der Waals surface area contributed by atoms with Crippen LogP contribution in [0.5, 0.6) is 0 Å². The van der Waals surface area contributed by atoms with Crippen LogP contribution in [-0.2, 0) is 10.9 Å². The quantitative estimate of drug-likeness (QED) is 0.737. The van der Waals surface area contributed by atoms with Gasteiger partial charge in [-0.15, -0.1) is 0 Å². The third-order valence-electron chi connectivity index (χ3n) is 1.81. The summed E-state index contributed by atoms with van der Waals surface area (Å²) in [5, 5.41) is 0. The van der Waals surface area contributed by atoms with Crippen LogP contribution in [0.4, 0.5) is 13.2 Å². The number of pyridine rings is 1. The standard InChI is InChI=1S/C10H10F3NO2/c1-3-16-9(15)8-7(10(11,12)13)5-4-6(2)14-8/h4-5H,3H2,1-2H3. The fraction of sp³-hybridized carbons (Fsp3) is 0.400. The van der Waals surface area contributed by atoms with Crippen LogP contribution in [0.25, 0.3) is 0 Å². The second-order valence-corrected chi connectivity index (χ2v) is 3.07. The lowest BCUT2D eigenvalue weighted by Gasteiger charge is -2.11. The molecule has 0 N–H and O–H groups in total. The van der Waals surface area contributed by atoms with Crippen molar-refractivity contribution in [2.75, 3.05) is 6.61 Å². The maximum Gasteiger partial charge on any atom is 0.418 e. The third kappa shape index (κ3) is 2.71. The zero-order valence-corrected chi connectivity index (χ0v) is 8.76. The lowest BCUT2D eigenvalue weighted by atomic mass is 10.1. The predicted molar refractivity (Wildman–Crippen MR) is 49.9 cm³/mol. The minimum atomic E-state index is -4.61. The van der Waals surface area contributed by atoms with E-state index in [9.17, 15) is 18.0 Å². The summed E-state index contributed by atoms with van der Waals surface area (Å²) in [6, 6.07) is 2.03. The molecule has 1 rings (SSSR count). The van der Waals surface area contributed by atoms with E-state index in [2.05, 4.69) is 9.72 Å². The van der Waals surface area contributed by atoms with Gasteiger partial charge >= 0.3 is 12.1 Å². The Morgan fingerprint density at radius 3 is 2.56 bits per heavy atom. The lowest BCUT2D eigenvalue weighted by molar-refractivity contribution is -0.138. The highest BCUT2D eigenvalue weighted by atomic mass is 19.4. The van der Waals surface area contributed by atoms with E-state index in [-0.39, 0.29) is 6.61 Å². The van der Waals surface area contributed by atoms with Crippen LogP contribution < -0.4 is 0 Å². The van der Waals surface area contributed by atoms with Gasteiger partial charge in [0, 0.05) is 5.69 Å². The first kappa shape index (κ1) is 12.5. The van der Waals surface area contributed by atoms with E-state index in [1.807, 2.05) is 0 Å². The molecule has 1 aromatic rings. The molecule has 3 nitrogen and oxygen atoms in total. The Hall–Kier alpha value is -1.59. The molecule has 0 fully saturated rings. The SMILES string of the molecule is CCOC(=O)c1nc(C)ccc1C(F)(F)F. The predicted octanol–water partition coefficient (Wildman–Crippen LogP) is 2.59. The van der Waals surface area contributed by atoms with Crippen LogP contribution in [-0.4, -0.2) is 17.6 Å². The number of carbonyl (C=O) groups is 1. The molecule has 0 aliphatic carbocycles. The van der Waals surface area contributed by atoms with E-state index >= 15 is 0 Å². The summed E-state index contributed by atoms with van der Waals surface area (Å²) in [6.07, 6.45) is -4.61. The molecule has 1 heterocycles. The second kappa shape index (κ2) is 4.51. The van der Waals surface area contributed by atoms with E-state index in [0.29, 0.717) is 5.69 Å². The largest absolute Gasteiger partial charge is 0.461 e. The van der Waals surface area contributed by atoms with E-state index in [1.165, 1.54) is 19.9 Å². The number of aryl methyl sites for hydroxylation is 1. The molecule has 0 aliphatic rings. The Kier molecular flexibility index (Phi) is 3.51. The van der Waals surface area contributed by atoms with Crippen molar-refractivity contribution in [3.63, 3.8) is 0 Å². The number of hydrogen-bond acceptors (Lipinski definition) is 3. The summed E-state index contributed by atoms with van der Waals surface area (Å²) in [6.45, 7) is 3.02. The van der Waals surface area contributed by atoms with Gasteiger partial charge in [0.1, 0.15) is 0 Å². The summed E-state index contributed by atoms with van der Waals surface area (Å²) in [4.78, 5) is 14.8. The molecule has 88 valence electrons. The number of aromatic nitrogens is 1. The van der Waals surface area contributed by atoms with Crippen molar-refractivity contribution in [3.05, 3.63) is 29.1 Å². The number of alkyl halides is 3. The van der Waals surface area contributed by atoms with Gasteiger partial charge in [0.15, 0.2) is 5.69 Å². The fourth-order valence-electron chi connectivity index (χ4n) is 1.14. The maximum atomic E-state index is 12.5. The van der Waals surface area contributed by atoms with Crippen LogP contribution >= 0.6 is 0 Å². The molecular weight excluding hydrogens is 223 g/mol. The first-order valence-corrected chi connectivity index (χ1v) is 4.58. The molecule has 0 bridgehead atoms. The normalized spacial score (nSPS) is 11.3. The van der Waals surface area contributed by atoms with Crippen molar-refractivity contribution in [1.29, 1.82) is 0 Å². The van der Waals surface area contributed by atoms with E-state index in [0.717, 1.165) is 6.07 Å². The van der Waals surface area contributed by atoms with Crippen molar-refractivity contribution >= 4 is 5.97 Å². The molecule has 16 heavy (non-hydrogen) atoms. The summed E-state index contributed by atoms with van der Waals surface area (Å²) in [5.41, 5.74) is -1.43. The number of carbonyl (C=O) groups excluding carboxylic acids is 1. The summed E-state index contributed by atoms with van der Waals surface area (Å²) < 4.78 is 42.1. The highest BCUT2D eigenvalue weighted by Crippen LogP contribution is 2.31. The zero-order valence-electron chi connectivity index (χ0n) is 8.76. The summed E-state index contributed by atoms with van der Waals surface area (Å²) in [7, 11) is 0. The van der Waals surface area contributed by atoms with Gasteiger partial charge in [-0.1, -0.05) is 0 Å². The van der Waals surface area contributed by atoms with Crippen molar-refractivity contribution in [3.8, 4) is 0 Å². The van der Waals surface area contributed by atoms with Crippen molar-refractivity contribution in [2.45, 2.75) is 20.0 Å². The van der Waals surface area contributed by atoms with Gasteiger partial charge in [-0.3, -0.25) is 0 Å². The molecule has 0 aromatic carbocycles. The molecule has 0 saturated heterocycles. The van der Waals surface area contributed by atoms with Crippen molar-refractivity contribution < 1.29 is 22.7 Å². The van der Waals surface area contributed by atoms with Gasteiger partial charge in [-0.25, -0.2) is 9.78 Å². The minimum Gasteiger partial charge on any atom is -0.461 e. The van der Waals surface area contributed by atoms with Crippen LogP contribution in [0.1, 0.15) is 28.7 Å². The number of hydrogen-bond donors (Lipinski definition) is 0. The highest BCUT2D eigenvalue weighted by molar-refractivity contribution is 5.89. The average Bonchev–Trinajstić information content (AvgIpc) is 2.16. The van der Waals surface area contributed by atoms with Crippen LogP contribution in [0.2, 0.25) is 0 Å².